The van der Waals surface area contributed by atoms with E-state index >= 15 is 8.78 Å². The van der Waals surface area contributed by atoms with Crippen LogP contribution in [-0.2, 0) is 36.5 Å². The summed E-state index contributed by atoms with van der Waals surface area (Å²) in [5.74, 6) is 1.37. The molecule has 2 atom stereocenters. The van der Waals surface area contributed by atoms with Crippen LogP contribution in [0.4, 0.5) is 25.8 Å². The van der Waals surface area contributed by atoms with E-state index in [2.05, 4.69) is 205 Å². The van der Waals surface area contributed by atoms with Crippen LogP contribution in [0.5, 0.6) is 11.5 Å². The smallest absolute Gasteiger partial charge is 0.123 e. The Kier molecular flexibility index (Phi) is 13.6. The number of benzene rings is 11. The van der Waals surface area contributed by atoms with Crippen LogP contribution in [0.1, 0.15) is 94.2 Å². The van der Waals surface area contributed by atoms with Crippen molar-refractivity contribution in [3.63, 3.8) is 0 Å². The van der Waals surface area contributed by atoms with Crippen molar-refractivity contribution in [2.24, 2.45) is 0 Å². The van der Waals surface area contributed by atoms with Crippen molar-refractivity contribution >= 4 is 17.1 Å². The molecule has 11 aromatic rings. The molecule has 0 radical (unpaired) electrons. The fourth-order valence-electron chi connectivity index (χ4n) is 14.6. The number of halogens is 2. The number of hydrogen-bond acceptors (Lipinski definition) is 3. The van der Waals surface area contributed by atoms with Crippen LogP contribution in [0.2, 0.25) is 0 Å². The third-order valence-electron chi connectivity index (χ3n) is 19.0. The molecular formula is C80H65F2NO2. The number of rotatable bonds is 19. The first-order chi connectivity index (χ1) is 41.9. The first kappa shape index (κ1) is 52.5. The van der Waals surface area contributed by atoms with Gasteiger partial charge in [-0.15, -0.1) is 0 Å². The number of ether oxygens (including phenoxy) is 2. The normalized spacial score (nSPS) is 16.4. The van der Waals surface area contributed by atoms with E-state index in [1.165, 1.54) is 77.9 Å². The van der Waals surface area contributed by atoms with Gasteiger partial charge in [-0.05, 0) is 255 Å². The molecule has 0 heterocycles. The Labute approximate surface area is 497 Å². The molecule has 15 rings (SSSR count). The molecule has 4 aliphatic rings. The minimum absolute atomic E-state index is 0.254. The number of nitrogens with zero attached hydrogens (tertiary/aromatic N) is 1. The Morgan fingerprint density at radius 3 is 1.21 bits per heavy atom. The molecule has 0 aromatic heterocycles. The van der Waals surface area contributed by atoms with Crippen LogP contribution < -0.4 is 14.4 Å². The van der Waals surface area contributed by atoms with Gasteiger partial charge in [0.05, 0.1) is 13.2 Å². The highest BCUT2D eigenvalue weighted by Crippen LogP contribution is 2.59. The minimum Gasteiger partial charge on any atom is -0.494 e. The second-order valence-electron chi connectivity index (χ2n) is 23.7. The van der Waals surface area contributed by atoms with Gasteiger partial charge in [-0.2, -0.15) is 0 Å². The Bertz CT molecular complexity index is 4070. The highest BCUT2D eigenvalue weighted by Gasteiger charge is 2.46. The van der Waals surface area contributed by atoms with E-state index in [1.54, 1.807) is 24.3 Å². The molecule has 0 saturated carbocycles. The largest absolute Gasteiger partial charge is 0.494 e. The van der Waals surface area contributed by atoms with Crippen LogP contribution in [0.15, 0.2) is 249 Å². The monoisotopic (exact) mass is 1110 g/mol. The van der Waals surface area contributed by atoms with Gasteiger partial charge in [0.25, 0.3) is 0 Å². The quantitative estimate of drug-likeness (QED) is 0.0753. The lowest BCUT2D eigenvalue weighted by atomic mass is 9.69. The Morgan fingerprint density at radius 2 is 0.741 bits per heavy atom. The van der Waals surface area contributed by atoms with Crippen LogP contribution in [0.3, 0.4) is 0 Å². The Hall–Kier alpha value is -9.32. The summed E-state index contributed by atoms with van der Waals surface area (Å²) < 4.78 is 43.1. The summed E-state index contributed by atoms with van der Waals surface area (Å²) in [7, 11) is 0. The maximum Gasteiger partial charge on any atom is 0.123 e. The third-order valence-corrected chi connectivity index (χ3v) is 19.0. The predicted octanol–water partition coefficient (Wildman–Crippen LogP) is 20.1. The molecule has 0 spiro atoms. The van der Waals surface area contributed by atoms with Crippen molar-refractivity contribution in [3.8, 4) is 56.0 Å². The number of anilines is 3. The fourth-order valence-corrected chi connectivity index (χ4v) is 14.6. The molecule has 0 saturated heterocycles. The van der Waals surface area contributed by atoms with Crippen molar-refractivity contribution in [2.75, 3.05) is 18.1 Å². The predicted molar refractivity (Wildman–Crippen MR) is 342 cm³/mol. The van der Waals surface area contributed by atoms with E-state index in [1.807, 2.05) is 24.3 Å². The van der Waals surface area contributed by atoms with E-state index in [9.17, 15) is 0 Å². The molecule has 0 fully saturated rings. The molecule has 0 aliphatic heterocycles. The standard InChI is InChI=1S/C80H65F2NO2/c81-64-33-29-62(30-34-64)79(45-8-10-47-84-69-41-27-55-21-23-60(55)50-69)75-19-6-4-17-71(75)73-43-39-67(52-77(73)79)83(66-37-25-57(26-38-66)59-16-12-15-58(49-59)54-13-2-1-3-14-54)68-40-44-74-72-18-5-7-20-76(72)80(78(74)53-68,63-31-35-65(82)36-32-63)46-9-11-48-85-70-42-28-56-22-24-61(56)51-70/h1-7,12-20,25-44,49-53H,8-11,21-24,45-48H2. The van der Waals surface area contributed by atoms with Gasteiger partial charge < -0.3 is 14.4 Å². The van der Waals surface area contributed by atoms with Gasteiger partial charge >= 0.3 is 0 Å². The van der Waals surface area contributed by atoms with Crippen molar-refractivity contribution in [3.05, 3.63) is 316 Å². The lowest BCUT2D eigenvalue weighted by Crippen LogP contribution is -2.28. The number of aryl methyl sites for hydroxylation is 4. The molecule has 3 nitrogen and oxygen atoms in total. The SMILES string of the molecule is Fc1ccc(C2(CCCCOc3ccc4c(c3)CC4)c3ccccc3-c3ccc(N(c4ccc(-c5cccc(-c6ccccc6)c5)cc4)c4ccc5c(c4)C(CCCCOc4ccc6c(c4)CC6)(c4ccc(F)cc4)c4ccccc4-5)cc32)cc1. The Balaban J connectivity index is 0.852. The molecule has 85 heavy (non-hydrogen) atoms. The molecular weight excluding hydrogens is 1040 g/mol. The van der Waals surface area contributed by atoms with E-state index in [-0.39, 0.29) is 11.6 Å². The maximum atomic E-state index is 15.1. The van der Waals surface area contributed by atoms with Gasteiger partial charge in [-0.1, -0.05) is 158 Å². The zero-order valence-corrected chi connectivity index (χ0v) is 47.7. The zero-order valence-electron chi connectivity index (χ0n) is 47.7. The van der Waals surface area contributed by atoms with Crippen molar-refractivity contribution < 1.29 is 18.3 Å². The molecule has 0 N–H and O–H groups in total. The highest BCUT2D eigenvalue weighted by atomic mass is 19.1. The lowest BCUT2D eigenvalue weighted by molar-refractivity contribution is 0.300. The molecule has 4 aliphatic carbocycles. The maximum absolute atomic E-state index is 15.1. The highest BCUT2D eigenvalue weighted by molar-refractivity contribution is 5.91. The van der Waals surface area contributed by atoms with Gasteiger partial charge in [0.2, 0.25) is 0 Å². The number of unbranched alkanes of at least 4 members (excludes halogenated alkanes) is 2. The second kappa shape index (κ2) is 22.0. The van der Waals surface area contributed by atoms with E-state index in [4.69, 9.17) is 9.47 Å². The molecule has 0 bridgehead atoms. The summed E-state index contributed by atoms with van der Waals surface area (Å²) >= 11 is 0. The van der Waals surface area contributed by atoms with Gasteiger partial charge in [-0.25, -0.2) is 8.78 Å². The van der Waals surface area contributed by atoms with Crippen molar-refractivity contribution in [1.82, 2.24) is 0 Å². The number of fused-ring (bicyclic) bond motifs is 8. The zero-order chi connectivity index (χ0) is 56.9. The van der Waals surface area contributed by atoms with Crippen LogP contribution >= 0.6 is 0 Å². The Morgan fingerprint density at radius 1 is 0.318 bits per heavy atom. The fraction of sp³-hybridized carbons (Fsp3) is 0.175. The molecule has 0 amide bonds. The average molecular weight is 1110 g/mol. The summed E-state index contributed by atoms with van der Waals surface area (Å²) in [6.07, 6.45) is 9.61. The molecule has 5 heteroatoms. The number of hydrogen-bond donors (Lipinski definition) is 0. The van der Waals surface area contributed by atoms with Gasteiger partial charge in [0.1, 0.15) is 23.1 Å². The third kappa shape index (κ3) is 9.42. The minimum atomic E-state index is -0.590. The lowest BCUT2D eigenvalue weighted by Gasteiger charge is -2.35. The van der Waals surface area contributed by atoms with Crippen LogP contribution in [0.25, 0.3) is 44.5 Å². The summed E-state index contributed by atoms with van der Waals surface area (Å²) in [6.45, 7) is 1.22. The van der Waals surface area contributed by atoms with Crippen molar-refractivity contribution in [2.45, 2.75) is 75.0 Å². The summed E-state index contributed by atoms with van der Waals surface area (Å²) in [4.78, 5) is 2.42. The second-order valence-corrected chi connectivity index (χ2v) is 23.7. The van der Waals surface area contributed by atoms with Gasteiger partial charge in [0.15, 0.2) is 0 Å². The first-order valence-electron chi connectivity index (χ1n) is 30.5. The average Bonchev–Trinajstić information content (AvgIpc) is 1.65. The van der Waals surface area contributed by atoms with E-state index in [0.29, 0.717) is 13.2 Å². The molecule has 2 unspecified atom stereocenters. The molecule has 11 aromatic carbocycles. The van der Waals surface area contributed by atoms with Crippen molar-refractivity contribution in [1.29, 1.82) is 0 Å². The summed E-state index contributed by atoms with van der Waals surface area (Å²) in [5.41, 5.74) is 23.8. The van der Waals surface area contributed by atoms with Gasteiger partial charge in [0, 0.05) is 27.9 Å². The topological polar surface area (TPSA) is 21.7 Å². The van der Waals surface area contributed by atoms with Gasteiger partial charge in [-0.3, -0.25) is 0 Å². The molecule has 416 valence electrons. The van der Waals surface area contributed by atoms with E-state index in [0.717, 1.165) is 115 Å². The first-order valence-corrected chi connectivity index (χ1v) is 30.5. The summed E-state index contributed by atoms with van der Waals surface area (Å²) in [5, 5.41) is 0. The summed E-state index contributed by atoms with van der Waals surface area (Å²) in [6, 6.07) is 87.6. The van der Waals surface area contributed by atoms with Crippen LogP contribution in [0, 0.1) is 11.6 Å². The van der Waals surface area contributed by atoms with E-state index < -0.39 is 10.8 Å². The van der Waals surface area contributed by atoms with Crippen LogP contribution in [-0.4, -0.2) is 13.2 Å².